The number of anilines is 1. The third-order valence-corrected chi connectivity index (χ3v) is 4.44. The molecule has 130 valence electrons. The third-order valence-electron chi connectivity index (χ3n) is 4.44. The fraction of sp³-hybridized carbons (Fsp3) is 0.316. The first kappa shape index (κ1) is 17.0. The fourth-order valence-electron chi connectivity index (χ4n) is 3.15. The van der Waals surface area contributed by atoms with Gasteiger partial charge in [-0.15, -0.1) is 0 Å². The number of fused-ring (bicyclic) bond motifs is 1. The Balaban J connectivity index is 1.47. The second-order valence-electron chi connectivity index (χ2n) is 6.13. The second-order valence-corrected chi connectivity index (χ2v) is 6.13. The summed E-state index contributed by atoms with van der Waals surface area (Å²) >= 11 is 0. The molecule has 0 saturated carbocycles. The zero-order chi connectivity index (χ0) is 17.6. The summed E-state index contributed by atoms with van der Waals surface area (Å²) in [6, 6.07) is 14.1. The van der Waals surface area contributed by atoms with Gasteiger partial charge in [0.25, 0.3) is 11.6 Å². The highest BCUT2D eigenvalue weighted by Crippen LogP contribution is 2.26. The Kier molecular flexibility index (Phi) is 5.28. The van der Waals surface area contributed by atoms with Crippen molar-refractivity contribution in [3.05, 3.63) is 69.8 Å². The van der Waals surface area contributed by atoms with E-state index in [1.807, 2.05) is 0 Å². The second kappa shape index (κ2) is 7.79. The van der Waals surface area contributed by atoms with Gasteiger partial charge in [-0.1, -0.05) is 18.2 Å². The Morgan fingerprint density at radius 2 is 1.92 bits per heavy atom. The van der Waals surface area contributed by atoms with E-state index in [4.69, 9.17) is 0 Å². The molecule has 0 bridgehead atoms. The number of aryl methyl sites for hydroxylation is 1. The average Bonchev–Trinajstić information content (AvgIpc) is 2.65. The minimum atomic E-state index is -0.474. The number of nitro benzene ring substituents is 1. The van der Waals surface area contributed by atoms with Crippen LogP contribution in [0.25, 0.3) is 0 Å². The van der Waals surface area contributed by atoms with Gasteiger partial charge in [0.05, 0.1) is 4.92 Å². The average molecular weight is 339 g/mol. The monoisotopic (exact) mass is 339 g/mol. The quantitative estimate of drug-likeness (QED) is 0.498. The molecule has 1 heterocycles. The molecule has 2 aromatic carbocycles. The summed E-state index contributed by atoms with van der Waals surface area (Å²) in [6.07, 6.45) is 3.14. The Hall–Kier alpha value is -2.89. The van der Waals surface area contributed by atoms with E-state index in [0.29, 0.717) is 12.1 Å². The van der Waals surface area contributed by atoms with Gasteiger partial charge in [-0.25, -0.2) is 0 Å². The molecule has 0 aliphatic carbocycles. The summed E-state index contributed by atoms with van der Waals surface area (Å²) in [5.41, 5.74) is 3.12. The van der Waals surface area contributed by atoms with Crippen LogP contribution in [0.15, 0.2) is 48.5 Å². The van der Waals surface area contributed by atoms with E-state index < -0.39 is 4.92 Å². The number of non-ortho nitro benzene ring substituents is 1. The van der Waals surface area contributed by atoms with Crippen LogP contribution in [0.4, 0.5) is 11.4 Å². The van der Waals surface area contributed by atoms with Crippen molar-refractivity contribution < 1.29 is 9.72 Å². The molecule has 3 rings (SSSR count). The highest BCUT2D eigenvalue weighted by Gasteiger charge is 2.15. The van der Waals surface area contributed by atoms with Crippen LogP contribution in [0.1, 0.15) is 28.8 Å². The first-order valence-electron chi connectivity index (χ1n) is 8.50. The molecule has 25 heavy (non-hydrogen) atoms. The molecular weight excluding hydrogens is 318 g/mol. The Bertz CT molecular complexity index is 759. The van der Waals surface area contributed by atoms with Gasteiger partial charge in [0.15, 0.2) is 0 Å². The van der Waals surface area contributed by atoms with Crippen LogP contribution >= 0.6 is 0 Å². The van der Waals surface area contributed by atoms with Gasteiger partial charge < -0.3 is 10.2 Å². The molecule has 0 aromatic heterocycles. The molecule has 0 fully saturated rings. The topological polar surface area (TPSA) is 75.5 Å². The van der Waals surface area contributed by atoms with Gasteiger partial charge in [0.1, 0.15) is 0 Å². The number of hydrogen-bond donors (Lipinski definition) is 1. The summed E-state index contributed by atoms with van der Waals surface area (Å²) in [6.45, 7) is 2.53. The molecule has 1 aliphatic rings. The molecule has 0 atom stereocenters. The van der Waals surface area contributed by atoms with E-state index in [2.05, 4.69) is 34.5 Å². The smallest absolute Gasteiger partial charge is 0.269 e. The number of benzene rings is 2. The summed E-state index contributed by atoms with van der Waals surface area (Å²) in [5, 5.41) is 13.5. The highest BCUT2D eigenvalue weighted by molar-refractivity contribution is 5.94. The van der Waals surface area contributed by atoms with Crippen LogP contribution in [0, 0.1) is 10.1 Å². The zero-order valence-electron chi connectivity index (χ0n) is 14.0. The summed E-state index contributed by atoms with van der Waals surface area (Å²) in [4.78, 5) is 24.6. The van der Waals surface area contributed by atoms with Crippen LogP contribution < -0.4 is 10.2 Å². The van der Waals surface area contributed by atoms with Crippen molar-refractivity contribution in [3.63, 3.8) is 0 Å². The molecule has 2 aromatic rings. The first-order valence-corrected chi connectivity index (χ1v) is 8.50. The normalized spacial score (nSPS) is 13.2. The minimum Gasteiger partial charge on any atom is -0.371 e. The van der Waals surface area contributed by atoms with Gasteiger partial charge >= 0.3 is 0 Å². The molecule has 1 N–H and O–H groups in total. The van der Waals surface area contributed by atoms with E-state index in [0.717, 1.165) is 32.4 Å². The number of hydrogen-bond acceptors (Lipinski definition) is 4. The molecule has 0 spiro atoms. The lowest BCUT2D eigenvalue weighted by Crippen LogP contribution is -2.33. The van der Waals surface area contributed by atoms with E-state index in [-0.39, 0.29) is 11.6 Å². The number of nitrogens with one attached hydrogen (secondary N) is 1. The maximum absolute atomic E-state index is 12.1. The standard InChI is InChI=1S/C19H21N3O3/c23-19(16-8-10-17(11-9-16)22(24)25)20-12-4-14-21-13-3-6-15-5-1-2-7-18(15)21/h1-2,5,7-11H,3-4,6,12-14H2,(H,20,23). The summed E-state index contributed by atoms with van der Waals surface area (Å²) in [7, 11) is 0. The molecule has 0 radical (unpaired) electrons. The molecule has 6 nitrogen and oxygen atoms in total. The lowest BCUT2D eigenvalue weighted by atomic mass is 10.0. The fourth-order valence-corrected chi connectivity index (χ4v) is 3.15. The maximum Gasteiger partial charge on any atom is 0.269 e. The van der Waals surface area contributed by atoms with Crippen molar-refractivity contribution >= 4 is 17.3 Å². The van der Waals surface area contributed by atoms with E-state index in [1.54, 1.807) is 0 Å². The Morgan fingerprint density at radius 3 is 2.68 bits per heavy atom. The number of para-hydroxylation sites is 1. The zero-order valence-corrected chi connectivity index (χ0v) is 14.0. The molecule has 1 aliphatic heterocycles. The first-order chi connectivity index (χ1) is 12.1. The molecule has 6 heteroatoms. The number of amides is 1. The van der Waals surface area contributed by atoms with Crippen molar-refractivity contribution in [1.29, 1.82) is 0 Å². The van der Waals surface area contributed by atoms with Gasteiger partial charge in [0.2, 0.25) is 0 Å². The predicted molar refractivity (Wildman–Crippen MR) is 97.0 cm³/mol. The number of nitro groups is 1. The van der Waals surface area contributed by atoms with E-state index in [1.165, 1.54) is 35.5 Å². The van der Waals surface area contributed by atoms with Crippen LogP contribution in [0.5, 0.6) is 0 Å². The van der Waals surface area contributed by atoms with Gasteiger partial charge in [-0.05, 0) is 43.0 Å². The van der Waals surface area contributed by atoms with E-state index in [9.17, 15) is 14.9 Å². The maximum atomic E-state index is 12.1. The molecule has 0 unspecified atom stereocenters. The Morgan fingerprint density at radius 1 is 1.16 bits per heavy atom. The van der Waals surface area contributed by atoms with Crippen LogP contribution in [-0.2, 0) is 6.42 Å². The van der Waals surface area contributed by atoms with Crippen molar-refractivity contribution in [1.82, 2.24) is 5.32 Å². The van der Waals surface area contributed by atoms with Crippen molar-refractivity contribution in [2.75, 3.05) is 24.5 Å². The summed E-state index contributed by atoms with van der Waals surface area (Å²) < 4.78 is 0. The number of nitrogens with zero attached hydrogens (tertiary/aromatic N) is 2. The van der Waals surface area contributed by atoms with Crippen molar-refractivity contribution in [3.8, 4) is 0 Å². The molecular formula is C19H21N3O3. The lowest BCUT2D eigenvalue weighted by molar-refractivity contribution is -0.384. The van der Waals surface area contributed by atoms with Crippen LogP contribution in [0.2, 0.25) is 0 Å². The highest BCUT2D eigenvalue weighted by atomic mass is 16.6. The third kappa shape index (κ3) is 4.15. The summed E-state index contributed by atoms with van der Waals surface area (Å²) in [5.74, 6) is -0.200. The number of carbonyl (C=O) groups is 1. The van der Waals surface area contributed by atoms with Gasteiger partial charge in [-0.3, -0.25) is 14.9 Å². The number of carbonyl (C=O) groups excluding carboxylic acids is 1. The SMILES string of the molecule is O=C(NCCCN1CCCc2ccccc21)c1ccc([N+](=O)[O-])cc1. The van der Waals surface area contributed by atoms with Gasteiger partial charge in [0, 0.05) is 43.0 Å². The van der Waals surface area contributed by atoms with Crippen molar-refractivity contribution in [2.45, 2.75) is 19.3 Å². The van der Waals surface area contributed by atoms with E-state index >= 15 is 0 Å². The van der Waals surface area contributed by atoms with Crippen LogP contribution in [-0.4, -0.2) is 30.5 Å². The van der Waals surface area contributed by atoms with Crippen molar-refractivity contribution in [2.24, 2.45) is 0 Å². The number of rotatable bonds is 6. The van der Waals surface area contributed by atoms with Gasteiger partial charge in [-0.2, -0.15) is 0 Å². The minimum absolute atomic E-state index is 0.0136. The Labute approximate surface area is 146 Å². The van der Waals surface area contributed by atoms with Crippen LogP contribution in [0.3, 0.4) is 0 Å². The lowest BCUT2D eigenvalue weighted by Gasteiger charge is -2.31. The molecule has 1 amide bonds. The largest absolute Gasteiger partial charge is 0.371 e. The molecule has 0 saturated heterocycles. The predicted octanol–water partition coefficient (Wildman–Crippen LogP) is 3.17.